The summed E-state index contributed by atoms with van der Waals surface area (Å²) in [6.45, 7) is 1.58. The summed E-state index contributed by atoms with van der Waals surface area (Å²) in [5, 5.41) is 4.67. The molecule has 0 radical (unpaired) electrons. The molecule has 4 nitrogen and oxygen atoms in total. The molecule has 30 heavy (non-hydrogen) atoms. The standard InChI is InChI=1S/C19H15ClF4N2O2S2/c1-11(12-3-2-4-13(7-12)19(22,23)24)26-16-9-15(21)17(8-14(16)20)30(27,28)10-18-25-5-6-29-18/h2-9,11,26H,10H2,1H3/t11-/m0/s1. The van der Waals surface area contributed by atoms with Gasteiger partial charge in [-0.3, -0.25) is 0 Å². The van der Waals surface area contributed by atoms with Gasteiger partial charge < -0.3 is 5.32 Å². The molecular weight excluding hydrogens is 464 g/mol. The fraction of sp³-hybridized carbons (Fsp3) is 0.211. The van der Waals surface area contributed by atoms with E-state index < -0.39 is 44.1 Å². The van der Waals surface area contributed by atoms with Crippen molar-refractivity contribution < 1.29 is 26.0 Å². The van der Waals surface area contributed by atoms with Gasteiger partial charge in [0.1, 0.15) is 21.5 Å². The third-order valence-electron chi connectivity index (χ3n) is 4.24. The predicted octanol–water partition coefficient (Wildman–Crippen LogP) is 6.10. The molecule has 0 unspecified atom stereocenters. The number of nitrogens with one attached hydrogen (secondary N) is 1. The monoisotopic (exact) mass is 478 g/mol. The highest BCUT2D eigenvalue weighted by Gasteiger charge is 2.31. The Balaban J connectivity index is 1.85. The van der Waals surface area contributed by atoms with Gasteiger partial charge >= 0.3 is 6.18 Å². The number of anilines is 1. The summed E-state index contributed by atoms with van der Waals surface area (Å²) in [4.78, 5) is 3.32. The Hall–Kier alpha value is -2.17. The lowest BCUT2D eigenvalue weighted by Crippen LogP contribution is -2.12. The number of benzene rings is 2. The Kier molecular flexibility index (Phi) is 6.40. The van der Waals surface area contributed by atoms with Crippen molar-refractivity contribution >= 4 is 38.5 Å². The zero-order chi connectivity index (χ0) is 22.1. The predicted molar refractivity (Wildman–Crippen MR) is 108 cm³/mol. The smallest absolute Gasteiger partial charge is 0.377 e. The fourth-order valence-corrected chi connectivity index (χ4v) is 5.37. The normalized spacial score (nSPS) is 13.3. The first-order chi connectivity index (χ1) is 14.0. The van der Waals surface area contributed by atoms with E-state index in [-0.39, 0.29) is 10.7 Å². The van der Waals surface area contributed by atoms with E-state index in [2.05, 4.69) is 10.3 Å². The minimum absolute atomic E-state index is 0.0623. The molecule has 1 aromatic heterocycles. The van der Waals surface area contributed by atoms with Gasteiger partial charge in [-0.25, -0.2) is 17.8 Å². The average Bonchev–Trinajstić information content (AvgIpc) is 3.16. The van der Waals surface area contributed by atoms with Crippen LogP contribution in [0.5, 0.6) is 0 Å². The molecule has 0 amide bonds. The van der Waals surface area contributed by atoms with Crippen molar-refractivity contribution in [3.05, 3.63) is 74.9 Å². The molecule has 1 heterocycles. The molecule has 2 aromatic carbocycles. The van der Waals surface area contributed by atoms with Crippen LogP contribution in [0.2, 0.25) is 5.02 Å². The quantitative estimate of drug-likeness (QED) is 0.435. The SMILES string of the molecule is C[C@H](Nc1cc(F)c(S(=O)(=O)Cc2nccs2)cc1Cl)c1cccc(C(F)(F)F)c1. The molecule has 0 aliphatic carbocycles. The number of halogens is 5. The van der Waals surface area contributed by atoms with Crippen molar-refractivity contribution in [3.63, 3.8) is 0 Å². The minimum Gasteiger partial charge on any atom is -0.377 e. The number of rotatable bonds is 6. The first-order valence-corrected chi connectivity index (χ1v) is 11.4. The van der Waals surface area contributed by atoms with Crippen molar-refractivity contribution in [2.45, 2.75) is 29.8 Å². The molecule has 0 saturated heterocycles. The van der Waals surface area contributed by atoms with Gasteiger partial charge in [-0.15, -0.1) is 11.3 Å². The summed E-state index contributed by atoms with van der Waals surface area (Å²) in [7, 11) is -4.02. The second-order valence-corrected chi connectivity index (χ2v) is 9.78. The van der Waals surface area contributed by atoms with Crippen molar-refractivity contribution in [1.29, 1.82) is 0 Å². The molecule has 0 aliphatic heterocycles. The van der Waals surface area contributed by atoms with Crippen LogP contribution in [-0.2, 0) is 21.8 Å². The first kappa shape index (κ1) is 22.5. The Labute approximate surface area is 179 Å². The van der Waals surface area contributed by atoms with Gasteiger partial charge in [0.05, 0.1) is 16.3 Å². The highest BCUT2D eigenvalue weighted by Crippen LogP contribution is 2.34. The summed E-state index contributed by atoms with van der Waals surface area (Å²) in [5.74, 6) is -1.49. The van der Waals surface area contributed by atoms with Gasteiger partial charge in [-0.1, -0.05) is 23.7 Å². The summed E-state index contributed by atoms with van der Waals surface area (Å²) >= 11 is 7.27. The zero-order valence-electron chi connectivity index (χ0n) is 15.4. The molecule has 0 spiro atoms. The van der Waals surface area contributed by atoms with E-state index >= 15 is 0 Å². The Bertz CT molecular complexity index is 1150. The van der Waals surface area contributed by atoms with Crippen molar-refractivity contribution in [1.82, 2.24) is 4.98 Å². The number of alkyl halides is 3. The molecule has 11 heteroatoms. The van der Waals surface area contributed by atoms with E-state index in [1.807, 2.05) is 0 Å². The highest BCUT2D eigenvalue weighted by atomic mass is 35.5. The van der Waals surface area contributed by atoms with E-state index in [0.29, 0.717) is 10.6 Å². The molecule has 0 bridgehead atoms. The summed E-state index contributed by atoms with van der Waals surface area (Å²) in [5.41, 5.74) is -0.441. The van der Waals surface area contributed by atoms with E-state index in [4.69, 9.17) is 11.6 Å². The second kappa shape index (κ2) is 8.52. The van der Waals surface area contributed by atoms with Gasteiger partial charge in [-0.05, 0) is 36.8 Å². The molecule has 1 atom stereocenters. The van der Waals surface area contributed by atoms with Gasteiger partial charge in [-0.2, -0.15) is 13.2 Å². The Morgan fingerprint density at radius 2 is 1.97 bits per heavy atom. The van der Waals surface area contributed by atoms with Crippen molar-refractivity contribution in [2.24, 2.45) is 0 Å². The lowest BCUT2D eigenvalue weighted by atomic mass is 10.0. The van der Waals surface area contributed by atoms with Gasteiger partial charge in [0, 0.05) is 17.6 Å². The zero-order valence-corrected chi connectivity index (χ0v) is 17.8. The maximum absolute atomic E-state index is 14.6. The van der Waals surface area contributed by atoms with E-state index in [1.54, 1.807) is 12.3 Å². The van der Waals surface area contributed by atoms with Gasteiger partial charge in [0.2, 0.25) is 0 Å². The fourth-order valence-electron chi connectivity index (χ4n) is 2.74. The van der Waals surface area contributed by atoms with Gasteiger partial charge in [0.15, 0.2) is 9.84 Å². The number of hydrogen-bond donors (Lipinski definition) is 1. The Morgan fingerprint density at radius 3 is 2.60 bits per heavy atom. The van der Waals surface area contributed by atoms with E-state index in [9.17, 15) is 26.0 Å². The van der Waals surface area contributed by atoms with Crippen LogP contribution in [-0.4, -0.2) is 13.4 Å². The average molecular weight is 479 g/mol. The van der Waals surface area contributed by atoms with Crippen LogP contribution < -0.4 is 5.32 Å². The van der Waals surface area contributed by atoms with Crippen LogP contribution in [0.3, 0.4) is 0 Å². The number of thiazole rings is 1. The number of nitrogens with zero attached hydrogens (tertiary/aromatic N) is 1. The number of aromatic nitrogens is 1. The van der Waals surface area contributed by atoms with Crippen LogP contribution >= 0.6 is 22.9 Å². The molecular formula is C19H15ClF4N2O2S2. The van der Waals surface area contributed by atoms with Gasteiger partial charge in [0.25, 0.3) is 0 Å². The maximum atomic E-state index is 14.6. The molecule has 0 saturated carbocycles. The van der Waals surface area contributed by atoms with Crippen molar-refractivity contribution in [2.75, 3.05) is 5.32 Å². The Morgan fingerprint density at radius 1 is 1.23 bits per heavy atom. The third kappa shape index (κ3) is 5.11. The molecule has 0 aliphatic rings. The largest absolute Gasteiger partial charge is 0.416 e. The molecule has 0 fully saturated rings. The molecule has 1 N–H and O–H groups in total. The lowest BCUT2D eigenvalue weighted by Gasteiger charge is -2.19. The third-order valence-corrected chi connectivity index (χ3v) is 7.15. The minimum atomic E-state index is -4.49. The first-order valence-electron chi connectivity index (χ1n) is 8.51. The lowest BCUT2D eigenvalue weighted by molar-refractivity contribution is -0.137. The highest BCUT2D eigenvalue weighted by molar-refractivity contribution is 7.90. The number of hydrogen-bond acceptors (Lipinski definition) is 5. The van der Waals surface area contributed by atoms with Crippen LogP contribution in [0.25, 0.3) is 0 Å². The second-order valence-electron chi connectivity index (χ2n) is 6.44. The van der Waals surface area contributed by atoms with Crippen LogP contribution in [0, 0.1) is 5.82 Å². The van der Waals surface area contributed by atoms with Crippen molar-refractivity contribution in [3.8, 4) is 0 Å². The number of sulfone groups is 1. The van der Waals surface area contributed by atoms with Crippen LogP contribution in [0.4, 0.5) is 23.2 Å². The maximum Gasteiger partial charge on any atom is 0.416 e. The molecule has 3 aromatic rings. The summed E-state index contributed by atoms with van der Waals surface area (Å²) < 4.78 is 78.3. The van der Waals surface area contributed by atoms with E-state index in [0.717, 1.165) is 35.6 Å². The molecule has 3 rings (SSSR count). The topological polar surface area (TPSA) is 59.1 Å². The summed E-state index contributed by atoms with van der Waals surface area (Å²) in [6.07, 6.45) is -3.05. The van der Waals surface area contributed by atoms with Crippen LogP contribution in [0.15, 0.2) is 52.9 Å². The summed E-state index contributed by atoms with van der Waals surface area (Å²) in [6, 6.07) is 5.95. The molecule has 160 valence electrons. The van der Waals surface area contributed by atoms with E-state index in [1.165, 1.54) is 18.3 Å². The van der Waals surface area contributed by atoms with Crippen LogP contribution in [0.1, 0.15) is 29.1 Å².